The number of hydrogen-bond donors (Lipinski definition) is 1. The Morgan fingerprint density at radius 2 is 1.87 bits per heavy atom. The molecule has 3 unspecified atom stereocenters. The molecular formula is C13H25NO. The second kappa shape index (κ2) is 7.49. The lowest BCUT2D eigenvalue weighted by atomic mass is 9.88. The molecule has 0 spiro atoms. The molecule has 0 fully saturated rings. The van der Waals surface area contributed by atoms with E-state index in [1.165, 1.54) is 18.9 Å². The van der Waals surface area contributed by atoms with E-state index in [1.54, 1.807) is 0 Å². The first-order valence-corrected chi connectivity index (χ1v) is 5.94. The maximum atomic E-state index is 11.0. The van der Waals surface area contributed by atoms with Gasteiger partial charge in [-0.2, -0.15) is 0 Å². The highest BCUT2D eigenvalue weighted by atomic mass is 16.1. The summed E-state index contributed by atoms with van der Waals surface area (Å²) in [5, 5.41) is 2.88. The van der Waals surface area contributed by atoms with E-state index < -0.39 is 0 Å². The van der Waals surface area contributed by atoms with Crippen LogP contribution in [0.5, 0.6) is 0 Å². The van der Waals surface area contributed by atoms with E-state index in [-0.39, 0.29) is 11.9 Å². The summed E-state index contributed by atoms with van der Waals surface area (Å²) in [7, 11) is 0. The maximum absolute atomic E-state index is 11.0. The summed E-state index contributed by atoms with van der Waals surface area (Å²) in [6.07, 6.45) is 4.78. The van der Waals surface area contributed by atoms with Crippen LogP contribution >= 0.6 is 0 Å². The van der Waals surface area contributed by atoms with Gasteiger partial charge in [0.1, 0.15) is 0 Å². The fourth-order valence-electron chi connectivity index (χ4n) is 1.57. The molecule has 1 amide bonds. The molecule has 0 radical (unpaired) electrons. The van der Waals surface area contributed by atoms with Gasteiger partial charge >= 0.3 is 0 Å². The first-order chi connectivity index (χ1) is 7.01. The van der Waals surface area contributed by atoms with Crippen LogP contribution in [0.25, 0.3) is 0 Å². The van der Waals surface area contributed by atoms with Crippen LogP contribution in [0.3, 0.4) is 0 Å². The van der Waals surface area contributed by atoms with Crippen molar-refractivity contribution < 1.29 is 4.79 Å². The van der Waals surface area contributed by atoms with Crippen molar-refractivity contribution in [3.63, 3.8) is 0 Å². The fourth-order valence-corrected chi connectivity index (χ4v) is 1.57. The molecule has 0 aromatic rings. The zero-order valence-electron chi connectivity index (χ0n) is 10.5. The van der Waals surface area contributed by atoms with Crippen molar-refractivity contribution in [1.82, 2.24) is 5.32 Å². The lowest BCUT2D eigenvalue weighted by molar-refractivity contribution is -0.117. The van der Waals surface area contributed by atoms with E-state index in [2.05, 4.69) is 32.7 Å². The largest absolute Gasteiger partial charge is 0.350 e. The summed E-state index contributed by atoms with van der Waals surface area (Å²) >= 11 is 0. The number of rotatable bonds is 7. The summed E-state index contributed by atoms with van der Waals surface area (Å²) in [6.45, 7) is 12.3. The first-order valence-electron chi connectivity index (χ1n) is 5.94. The van der Waals surface area contributed by atoms with Gasteiger partial charge in [0.2, 0.25) is 5.91 Å². The molecule has 0 heterocycles. The highest BCUT2D eigenvalue weighted by Crippen LogP contribution is 2.20. The Balaban J connectivity index is 3.74. The Morgan fingerprint density at radius 1 is 1.27 bits per heavy atom. The second-order valence-electron chi connectivity index (χ2n) is 4.55. The third kappa shape index (κ3) is 6.32. The van der Waals surface area contributed by atoms with Crippen molar-refractivity contribution in [1.29, 1.82) is 0 Å². The van der Waals surface area contributed by atoms with Crippen molar-refractivity contribution in [3.8, 4) is 0 Å². The van der Waals surface area contributed by atoms with E-state index in [1.807, 2.05) is 6.92 Å². The summed E-state index contributed by atoms with van der Waals surface area (Å²) < 4.78 is 0. The molecule has 0 rings (SSSR count). The van der Waals surface area contributed by atoms with Crippen molar-refractivity contribution in [2.75, 3.05) is 0 Å². The minimum Gasteiger partial charge on any atom is -0.350 e. The highest BCUT2D eigenvalue weighted by Gasteiger charge is 2.12. The van der Waals surface area contributed by atoms with E-state index in [4.69, 9.17) is 0 Å². The van der Waals surface area contributed by atoms with Crippen LogP contribution in [0.1, 0.15) is 47.0 Å². The Hall–Kier alpha value is -0.790. The van der Waals surface area contributed by atoms with Gasteiger partial charge < -0.3 is 5.32 Å². The monoisotopic (exact) mass is 211 g/mol. The van der Waals surface area contributed by atoms with E-state index in [9.17, 15) is 4.79 Å². The zero-order valence-corrected chi connectivity index (χ0v) is 10.5. The summed E-state index contributed by atoms with van der Waals surface area (Å²) in [4.78, 5) is 11.0. The number of hydrogen-bond acceptors (Lipinski definition) is 1. The van der Waals surface area contributed by atoms with Crippen LogP contribution in [0.4, 0.5) is 0 Å². The maximum Gasteiger partial charge on any atom is 0.243 e. The Labute approximate surface area is 94.1 Å². The number of carbonyl (C=O) groups excluding carboxylic acids is 1. The molecule has 0 saturated carbocycles. The van der Waals surface area contributed by atoms with Gasteiger partial charge in [0.25, 0.3) is 0 Å². The Bertz CT molecular complexity index is 201. The van der Waals surface area contributed by atoms with Crippen molar-refractivity contribution >= 4 is 5.91 Å². The molecule has 0 aliphatic rings. The topological polar surface area (TPSA) is 29.1 Å². The smallest absolute Gasteiger partial charge is 0.243 e. The van der Waals surface area contributed by atoms with E-state index in [0.29, 0.717) is 0 Å². The van der Waals surface area contributed by atoms with E-state index in [0.717, 1.165) is 18.3 Å². The van der Waals surface area contributed by atoms with Crippen LogP contribution in [0.2, 0.25) is 0 Å². The van der Waals surface area contributed by atoms with Gasteiger partial charge in [0.05, 0.1) is 0 Å². The number of nitrogens with one attached hydrogen (secondary N) is 1. The third-order valence-electron chi connectivity index (χ3n) is 3.24. The van der Waals surface area contributed by atoms with Gasteiger partial charge in [-0.25, -0.2) is 0 Å². The van der Waals surface area contributed by atoms with Crippen LogP contribution in [0, 0.1) is 11.8 Å². The fraction of sp³-hybridized carbons (Fsp3) is 0.769. The van der Waals surface area contributed by atoms with Gasteiger partial charge in [0, 0.05) is 6.04 Å². The molecule has 0 bridgehead atoms. The molecule has 0 aliphatic heterocycles. The van der Waals surface area contributed by atoms with Gasteiger partial charge in [0.15, 0.2) is 0 Å². The summed E-state index contributed by atoms with van der Waals surface area (Å²) in [5.74, 6) is 1.43. The normalized spacial score (nSPS) is 16.5. The lowest BCUT2D eigenvalue weighted by Gasteiger charge is -2.20. The molecular weight excluding hydrogens is 186 g/mol. The predicted molar refractivity (Wildman–Crippen MR) is 65.7 cm³/mol. The SMILES string of the molecule is C=CC(=O)NC(C)CCC(C)C(C)CC. The zero-order chi connectivity index (χ0) is 11.8. The van der Waals surface area contributed by atoms with Crippen LogP contribution in [-0.4, -0.2) is 11.9 Å². The minimum atomic E-state index is -0.0707. The quantitative estimate of drug-likeness (QED) is 0.644. The Kier molecular flexibility index (Phi) is 7.10. The minimum absolute atomic E-state index is 0.0707. The van der Waals surface area contributed by atoms with Crippen molar-refractivity contribution in [2.24, 2.45) is 11.8 Å². The molecule has 0 aromatic heterocycles. The average Bonchev–Trinajstić information content (AvgIpc) is 2.24. The standard InChI is InChI=1S/C13H25NO/c1-6-10(3)11(4)8-9-12(5)14-13(15)7-2/h7,10-12H,2,6,8-9H2,1,3-5H3,(H,14,15). The van der Waals surface area contributed by atoms with Crippen LogP contribution in [0.15, 0.2) is 12.7 Å². The predicted octanol–water partition coefficient (Wildman–Crippen LogP) is 3.14. The molecule has 88 valence electrons. The molecule has 1 N–H and O–H groups in total. The van der Waals surface area contributed by atoms with Crippen LogP contribution in [-0.2, 0) is 4.79 Å². The van der Waals surface area contributed by atoms with E-state index >= 15 is 0 Å². The molecule has 2 heteroatoms. The second-order valence-corrected chi connectivity index (χ2v) is 4.55. The Morgan fingerprint density at radius 3 is 2.33 bits per heavy atom. The molecule has 0 aliphatic carbocycles. The van der Waals surface area contributed by atoms with Gasteiger partial charge in [-0.05, 0) is 37.7 Å². The molecule has 2 nitrogen and oxygen atoms in total. The highest BCUT2D eigenvalue weighted by molar-refractivity contribution is 5.87. The molecule has 0 saturated heterocycles. The van der Waals surface area contributed by atoms with Gasteiger partial charge in [-0.15, -0.1) is 0 Å². The average molecular weight is 211 g/mol. The summed E-state index contributed by atoms with van der Waals surface area (Å²) in [5.41, 5.74) is 0. The molecule has 0 aromatic carbocycles. The van der Waals surface area contributed by atoms with Crippen molar-refractivity contribution in [3.05, 3.63) is 12.7 Å². The molecule has 15 heavy (non-hydrogen) atoms. The number of carbonyl (C=O) groups is 1. The van der Waals surface area contributed by atoms with Crippen molar-refractivity contribution in [2.45, 2.75) is 53.0 Å². The van der Waals surface area contributed by atoms with Gasteiger partial charge in [-0.3, -0.25) is 4.79 Å². The lowest BCUT2D eigenvalue weighted by Crippen LogP contribution is -2.31. The third-order valence-corrected chi connectivity index (χ3v) is 3.24. The van der Waals surface area contributed by atoms with Crippen LogP contribution < -0.4 is 5.32 Å². The summed E-state index contributed by atoms with van der Waals surface area (Å²) in [6, 6.07) is 0.252. The first kappa shape index (κ1) is 14.2. The number of amides is 1. The molecule has 3 atom stereocenters. The van der Waals surface area contributed by atoms with Gasteiger partial charge in [-0.1, -0.05) is 33.8 Å².